The third kappa shape index (κ3) is 4.26. The number of carbonyl (C=O) groups is 2. The van der Waals surface area contributed by atoms with Gasteiger partial charge in [-0.3, -0.25) is 10.1 Å². The van der Waals surface area contributed by atoms with E-state index < -0.39 is 17.8 Å². The van der Waals surface area contributed by atoms with E-state index in [-0.39, 0.29) is 22.3 Å². The molecular weight excluding hydrogens is 439 g/mol. The van der Waals surface area contributed by atoms with Gasteiger partial charge >= 0.3 is 11.9 Å². The van der Waals surface area contributed by atoms with Gasteiger partial charge in [0.25, 0.3) is 11.3 Å². The molecule has 2 aromatic carbocycles. The van der Waals surface area contributed by atoms with Crippen LogP contribution >= 0.6 is 24.2 Å². The molecule has 3 amide bonds. The van der Waals surface area contributed by atoms with Gasteiger partial charge in [0, 0.05) is 18.7 Å². The van der Waals surface area contributed by atoms with Crippen molar-refractivity contribution in [1.82, 2.24) is 15.2 Å². The molecule has 156 valence electrons. The highest BCUT2D eigenvalue weighted by molar-refractivity contribution is 7.80. The Morgan fingerprint density at radius 1 is 1.06 bits per heavy atom. The third-order valence-corrected chi connectivity index (χ3v) is 5.33. The van der Waals surface area contributed by atoms with Gasteiger partial charge in [0.05, 0.1) is 11.2 Å². The fraction of sp³-hybridized carbons (Fsp3) is 0.0455. The Morgan fingerprint density at radius 2 is 1.81 bits per heavy atom. The molecule has 4 rings (SSSR count). The van der Waals surface area contributed by atoms with Crippen LogP contribution in [0.25, 0.3) is 11.3 Å². The fourth-order valence-corrected chi connectivity index (χ4v) is 3.80. The van der Waals surface area contributed by atoms with Gasteiger partial charge in [-0.15, -0.1) is 0 Å². The van der Waals surface area contributed by atoms with Gasteiger partial charge in [0.2, 0.25) is 5.03 Å². The number of halogens is 2. The molecule has 0 aliphatic carbocycles. The van der Waals surface area contributed by atoms with Crippen molar-refractivity contribution in [3.8, 4) is 5.69 Å². The summed E-state index contributed by atoms with van der Waals surface area (Å²) in [6.45, 7) is 0.274. The molecule has 2 N–H and O–H groups in total. The summed E-state index contributed by atoms with van der Waals surface area (Å²) in [5.41, 5.74) is 2.16. The number of nitrogens with one attached hydrogen (secondary N) is 2. The van der Waals surface area contributed by atoms with Crippen LogP contribution in [-0.4, -0.2) is 16.5 Å². The number of pyridine rings is 1. The minimum atomic E-state index is -0.635. The second-order valence-corrected chi connectivity index (χ2v) is 7.49. The summed E-state index contributed by atoms with van der Waals surface area (Å²) < 4.78 is 16.9. The Kier molecular flexibility index (Phi) is 5.92. The monoisotopic (exact) mass is 455 g/mol. The molecule has 0 radical (unpaired) electrons. The number of nitrogens with zero attached hydrogens (tertiary/aromatic N) is 2. The van der Waals surface area contributed by atoms with Crippen LogP contribution in [0.2, 0.25) is 5.02 Å². The lowest BCUT2D eigenvalue weighted by Gasteiger charge is -2.05. The first kappa shape index (κ1) is 20.9. The van der Waals surface area contributed by atoms with Gasteiger partial charge < -0.3 is 5.32 Å². The number of carbonyl (C=O) groups excluding carboxylic acids is 2. The molecule has 31 heavy (non-hydrogen) atoms. The zero-order chi connectivity index (χ0) is 22.0. The summed E-state index contributed by atoms with van der Waals surface area (Å²) in [5, 5.41) is 5.18. The number of amides is 3. The second kappa shape index (κ2) is 8.79. The minimum Gasteiger partial charge on any atom is -0.334 e. The molecule has 0 unspecified atom stereocenters. The number of imidazole rings is 1. The van der Waals surface area contributed by atoms with Crippen molar-refractivity contribution in [3.05, 3.63) is 95.0 Å². The number of urea groups is 1. The van der Waals surface area contributed by atoms with E-state index in [0.717, 1.165) is 5.56 Å². The van der Waals surface area contributed by atoms with E-state index in [0.29, 0.717) is 11.3 Å². The van der Waals surface area contributed by atoms with Crippen LogP contribution < -0.4 is 15.0 Å². The Balaban J connectivity index is 1.64. The molecule has 0 bridgehead atoms. The molecule has 0 saturated carbocycles. The van der Waals surface area contributed by atoms with Crippen LogP contribution in [-0.2, 0) is 6.54 Å². The first-order valence-corrected chi connectivity index (χ1v) is 10.1. The molecule has 2 heterocycles. The lowest BCUT2D eigenvalue weighted by Crippen LogP contribution is -2.42. The van der Waals surface area contributed by atoms with Crippen LogP contribution in [0.15, 0.2) is 78.0 Å². The van der Waals surface area contributed by atoms with Crippen LogP contribution in [0.3, 0.4) is 0 Å². The summed E-state index contributed by atoms with van der Waals surface area (Å²) in [7, 11) is 0. The number of rotatable bonds is 4. The summed E-state index contributed by atoms with van der Waals surface area (Å²) >= 11 is 10.5. The zero-order valence-electron chi connectivity index (χ0n) is 16.0. The summed E-state index contributed by atoms with van der Waals surface area (Å²) in [5.74, 6) is -1.19. The van der Waals surface area contributed by atoms with Gasteiger partial charge in [-0.05, 0) is 23.8 Å². The number of aromatic nitrogens is 2. The number of imide groups is 1. The number of hydrogen-bond acceptors (Lipinski definition) is 3. The molecule has 2 aromatic heterocycles. The van der Waals surface area contributed by atoms with Crippen molar-refractivity contribution in [2.45, 2.75) is 11.6 Å². The Bertz CT molecular complexity index is 1290. The minimum absolute atomic E-state index is 0.0562. The van der Waals surface area contributed by atoms with E-state index in [4.69, 9.17) is 11.6 Å². The van der Waals surface area contributed by atoms with Crippen molar-refractivity contribution >= 4 is 41.8 Å². The SMILES string of the molecule is O=C(NCc1ccccc1)NC(=O)c1c(S)n(-c2ccc(F)c(Cl)c2)c2cccc[n+]12. The van der Waals surface area contributed by atoms with Crippen LogP contribution in [0.5, 0.6) is 0 Å². The topological polar surface area (TPSA) is 67.2 Å². The fourth-order valence-electron chi connectivity index (χ4n) is 3.20. The predicted octanol–water partition coefficient (Wildman–Crippen LogP) is 3.94. The molecule has 0 aliphatic heterocycles. The van der Waals surface area contributed by atoms with Crippen LogP contribution in [0, 0.1) is 5.82 Å². The number of thiol groups is 1. The average Bonchev–Trinajstić information content (AvgIpc) is 3.07. The van der Waals surface area contributed by atoms with Crippen molar-refractivity contribution in [2.75, 3.05) is 0 Å². The average molecular weight is 456 g/mol. The highest BCUT2D eigenvalue weighted by Crippen LogP contribution is 2.25. The van der Waals surface area contributed by atoms with Crippen LogP contribution in [0.4, 0.5) is 9.18 Å². The molecular formula is C22H17ClFN4O2S+. The van der Waals surface area contributed by atoms with Gasteiger partial charge in [-0.1, -0.05) is 60.6 Å². The van der Waals surface area contributed by atoms with Crippen LogP contribution in [0.1, 0.15) is 16.1 Å². The predicted molar refractivity (Wildman–Crippen MR) is 117 cm³/mol. The Hall–Kier alpha value is -3.36. The first-order chi connectivity index (χ1) is 15.0. The molecule has 0 atom stereocenters. The van der Waals surface area contributed by atoms with Crippen molar-refractivity contribution in [3.63, 3.8) is 0 Å². The van der Waals surface area contributed by atoms with E-state index in [1.165, 1.54) is 18.2 Å². The number of benzene rings is 2. The maximum Gasteiger partial charge on any atom is 0.322 e. The smallest absolute Gasteiger partial charge is 0.322 e. The molecule has 0 saturated heterocycles. The molecule has 0 spiro atoms. The lowest BCUT2D eigenvalue weighted by molar-refractivity contribution is -0.514. The maximum absolute atomic E-state index is 13.6. The quantitative estimate of drug-likeness (QED) is 0.322. The molecule has 0 aliphatic rings. The first-order valence-electron chi connectivity index (χ1n) is 9.28. The third-order valence-electron chi connectivity index (χ3n) is 4.63. The molecule has 6 nitrogen and oxygen atoms in total. The maximum atomic E-state index is 13.6. The molecule has 9 heteroatoms. The van der Waals surface area contributed by atoms with E-state index in [9.17, 15) is 14.0 Å². The number of fused-ring (bicyclic) bond motifs is 1. The molecule has 4 aromatic rings. The van der Waals surface area contributed by atoms with Crippen molar-refractivity contribution < 1.29 is 18.4 Å². The molecule has 0 fully saturated rings. The lowest BCUT2D eigenvalue weighted by atomic mass is 10.2. The van der Waals surface area contributed by atoms with Crippen molar-refractivity contribution in [2.24, 2.45) is 0 Å². The van der Waals surface area contributed by atoms with E-state index in [1.54, 1.807) is 33.4 Å². The van der Waals surface area contributed by atoms with Gasteiger partial charge in [0.15, 0.2) is 0 Å². The summed E-state index contributed by atoms with van der Waals surface area (Å²) in [4.78, 5) is 25.2. The highest BCUT2D eigenvalue weighted by Gasteiger charge is 2.30. The van der Waals surface area contributed by atoms with E-state index in [2.05, 4.69) is 23.3 Å². The van der Waals surface area contributed by atoms with Gasteiger partial charge in [-0.25, -0.2) is 9.18 Å². The summed E-state index contributed by atoms with van der Waals surface area (Å²) in [6.07, 6.45) is 1.67. The van der Waals surface area contributed by atoms with E-state index in [1.807, 2.05) is 30.3 Å². The highest BCUT2D eigenvalue weighted by atomic mass is 35.5. The largest absolute Gasteiger partial charge is 0.334 e. The Labute approximate surface area is 187 Å². The second-order valence-electron chi connectivity index (χ2n) is 6.66. The normalized spacial score (nSPS) is 10.8. The van der Waals surface area contributed by atoms with Gasteiger partial charge in [-0.2, -0.15) is 8.97 Å². The van der Waals surface area contributed by atoms with Crippen molar-refractivity contribution in [1.29, 1.82) is 0 Å². The number of hydrogen-bond donors (Lipinski definition) is 3. The summed E-state index contributed by atoms with van der Waals surface area (Å²) in [6, 6.07) is 18.2. The Morgan fingerprint density at radius 3 is 2.55 bits per heavy atom. The standard InChI is InChI=1S/C22H16ClFN4O2S/c23-16-12-15(9-10-17(16)24)28-18-8-4-5-11-27(18)19(21(28)31)20(29)26-22(30)25-13-14-6-2-1-3-7-14/h1-12H,13H2,(H2-,25,26,29,30,31)/p+1. The van der Waals surface area contributed by atoms with E-state index >= 15 is 0 Å². The zero-order valence-corrected chi connectivity index (χ0v) is 17.7. The van der Waals surface area contributed by atoms with Gasteiger partial charge in [0.1, 0.15) is 11.5 Å².